The summed E-state index contributed by atoms with van der Waals surface area (Å²) in [6, 6.07) is 4.29. The molecule has 150 valence electrons. The van der Waals surface area contributed by atoms with Gasteiger partial charge in [-0.05, 0) is 33.1 Å². The van der Waals surface area contributed by atoms with Crippen LogP contribution in [0.1, 0.15) is 30.8 Å². The van der Waals surface area contributed by atoms with E-state index in [-0.39, 0.29) is 12.6 Å². The van der Waals surface area contributed by atoms with Crippen molar-refractivity contribution in [3.8, 4) is 0 Å². The van der Waals surface area contributed by atoms with Gasteiger partial charge in [0.25, 0.3) is 0 Å². The van der Waals surface area contributed by atoms with E-state index in [9.17, 15) is 5.11 Å². The Kier molecular flexibility index (Phi) is 5.57. The van der Waals surface area contributed by atoms with Crippen LogP contribution in [0.4, 0.5) is 17.5 Å². The van der Waals surface area contributed by atoms with E-state index < -0.39 is 0 Å². The first kappa shape index (κ1) is 18.9. The standard InChI is InChI=1S/C20H29N7O/c1-15-11-20(24-16(2)23-15)26-9-7-25(8-10-26)18-12-19(22-14-21-18)27-6-4-3-5-17(27)13-28/h11-12,14,17,28H,3-10,13H2,1-2H3. The summed E-state index contributed by atoms with van der Waals surface area (Å²) in [6.07, 6.45) is 4.99. The fourth-order valence-corrected chi connectivity index (χ4v) is 4.18. The lowest BCUT2D eigenvalue weighted by molar-refractivity contribution is 0.239. The number of nitrogens with zero attached hydrogens (tertiary/aromatic N) is 7. The molecule has 2 fully saturated rings. The number of aryl methyl sites for hydroxylation is 2. The van der Waals surface area contributed by atoms with Gasteiger partial charge in [-0.15, -0.1) is 0 Å². The molecule has 28 heavy (non-hydrogen) atoms. The Bertz CT molecular complexity index is 787. The average molecular weight is 384 g/mol. The second-order valence-electron chi connectivity index (χ2n) is 7.65. The quantitative estimate of drug-likeness (QED) is 0.852. The molecule has 0 bridgehead atoms. The van der Waals surface area contributed by atoms with Gasteiger partial charge in [0.1, 0.15) is 29.6 Å². The van der Waals surface area contributed by atoms with Crippen LogP contribution in [0.3, 0.4) is 0 Å². The third-order valence-corrected chi connectivity index (χ3v) is 5.65. The maximum Gasteiger partial charge on any atom is 0.134 e. The first-order valence-corrected chi connectivity index (χ1v) is 10.2. The number of hydrogen-bond acceptors (Lipinski definition) is 8. The molecule has 8 heteroatoms. The molecule has 1 N–H and O–H groups in total. The first-order chi connectivity index (χ1) is 13.6. The van der Waals surface area contributed by atoms with Crippen LogP contribution in [0.5, 0.6) is 0 Å². The van der Waals surface area contributed by atoms with E-state index in [4.69, 9.17) is 0 Å². The number of piperazine rings is 1. The number of aliphatic hydroxyl groups excluding tert-OH is 1. The molecular formula is C20H29N7O. The summed E-state index contributed by atoms with van der Waals surface area (Å²) in [6.45, 7) is 8.66. The van der Waals surface area contributed by atoms with Gasteiger partial charge in [0.2, 0.25) is 0 Å². The fraction of sp³-hybridized carbons (Fsp3) is 0.600. The predicted molar refractivity (Wildman–Crippen MR) is 110 cm³/mol. The Morgan fingerprint density at radius 2 is 1.61 bits per heavy atom. The van der Waals surface area contributed by atoms with Crippen molar-refractivity contribution in [2.24, 2.45) is 0 Å². The molecule has 4 rings (SSSR count). The van der Waals surface area contributed by atoms with Crippen molar-refractivity contribution >= 4 is 17.5 Å². The van der Waals surface area contributed by atoms with Crippen molar-refractivity contribution < 1.29 is 5.11 Å². The Morgan fingerprint density at radius 1 is 0.893 bits per heavy atom. The van der Waals surface area contributed by atoms with Gasteiger partial charge >= 0.3 is 0 Å². The number of piperidine rings is 1. The lowest BCUT2D eigenvalue weighted by Crippen LogP contribution is -2.47. The molecule has 0 amide bonds. The molecule has 1 unspecified atom stereocenters. The monoisotopic (exact) mass is 383 g/mol. The van der Waals surface area contributed by atoms with Gasteiger partial charge in [0.05, 0.1) is 12.6 Å². The number of aromatic nitrogens is 4. The predicted octanol–water partition coefficient (Wildman–Crippen LogP) is 1.56. The summed E-state index contributed by atoms with van der Waals surface area (Å²) in [7, 11) is 0. The highest BCUT2D eigenvalue weighted by Gasteiger charge is 2.25. The molecule has 0 aromatic carbocycles. The van der Waals surface area contributed by atoms with Crippen LogP contribution >= 0.6 is 0 Å². The van der Waals surface area contributed by atoms with Gasteiger partial charge in [0, 0.05) is 50.6 Å². The van der Waals surface area contributed by atoms with Crippen LogP contribution in [-0.4, -0.2) is 70.4 Å². The Morgan fingerprint density at radius 3 is 2.32 bits per heavy atom. The number of anilines is 3. The second kappa shape index (κ2) is 8.26. The number of hydrogen-bond donors (Lipinski definition) is 1. The van der Waals surface area contributed by atoms with Gasteiger partial charge in [-0.25, -0.2) is 19.9 Å². The van der Waals surface area contributed by atoms with Crippen LogP contribution in [0.15, 0.2) is 18.5 Å². The van der Waals surface area contributed by atoms with Crippen molar-refractivity contribution in [2.75, 3.05) is 54.0 Å². The van der Waals surface area contributed by atoms with E-state index in [1.54, 1.807) is 6.33 Å². The van der Waals surface area contributed by atoms with Crippen molar-refractivity contribution in [1.29, 1.82) is 0 Å². The summed E-state index contributed by atoms with van der Waals surface area (Å²) in [5.41, 5.74) is 1.00. The third kappa shape index (κ3) is 4.01. The lowest BCUT2D eigenvalue weighted by Gasteiger charge is -2.38. The SMILES string of the molecule is Cc1cc(N2CCN(c3cc(N4CCCCC4CO)ncn3)CC2)nc(C)n1. The van der Waals surface area contributed by atoms with Crippen LogP contribution < -0.4 is 14.7 Å². The third-order valence-electron chi connectivity index (χ3n) is 5.65. The summed E-state index contributed by atoms with van der Waals surface area (Å²) in [4.78, 5) is 24.8. The van der Waals surface area contributed by atoms with Gasteiger partial charge in [-0.3, -0.25) is 0 Å². The van der Waals surface area contributed by atoms with Gasteiger partial charge < -0.3 is 19.8 Å². The minimum Gasteiger partial charge on any atom is -0.394 e. The maximum absolute atomic E-state index is 9.71. The molecule has 2 aromatic heterocycles. The van der Waals surface area contributed by atoms with Crippen LogP contribution in [0.2, 0.25) is 0 Å². The summed E-state index contributed by atoms with van der Waals surface area (Å²) in [5, 5.41) is 9.71. The van der Waals surface area contributed by atoms with Crippen molar-refractivity contribution in [1.82, 2.24) is 19.9 Å². The van der Waals surface area contributed by atoms with Gasteiger partial charge in [0.15, 0.2) is 0 Å². The van der Waals surface area contributed by atoms with Crippen molar-refractivity contribution in [2.45, 2.75) is 39.2 Å². The molecular weight excluding hydrogens is 354 g/mol. The smallest absolute Gasteiger partial charge is 0.134 e. The minimum absolute atomic E-state index is 0.164. The molecule has 2 aliphatic rings. The number of rotatable bonds is 4. The highest BCUT2D eigenvalue weighted by Crippen LogP contribution is 2.26. The highest BCUT2D eigenvalue weighted by atomic mass is 16.3. The molecule has 0 spiro atoms. The van der Waals surface area contributed by atoms with Gasteiger partial charge in [-0.2, -0.15) is 0 Å². The van der Waals surface area contributed by atoms with E-state index in [0.717, 1.165) is 74.5 Å². The molecule has 2 aromatic rings. The first-order valence-electron chi connectivity index (χ1n) is 10.2. The van der Waals surface area contributed by atoms with E-state index in [1.807, 2.05) is 13.8 Å². The van der Waals surface area contributed by atoms with E-state index >= 15 is 0 Å². The summed E-state index contributed by atoms with van der Waals surface area (Å²) >= 11 is 0. The van der Waals surface area contributed by atoms with Crippen LogP contribution in [-0.2, 0) is 0 Å². The largest absolute Gasteiger partial charge is 0.394 e. The Hall–Kier alpha value is -2.48. The van der Waals surface area contributed by atoms with E-state index in [1.165, 1.54) is 6.42 Å². The Balaban J connectivity index is 1.45. The number of aliphatic hydroxyl groups is 1. The molecule has 0 aliphatic carbocycles. The topological polar surface area (TPSA) is 81.5 Å². The van der Waals surface area contributed by atoms with E-state index in [2.05, 4.69) is 46.8 Å². The zero-order valence-electron chi connectivity index (χ0n) is 16.8. The molecule has 0 radical (unpaired) electrons. The van der Waals surface area contributed by atoms with Crippen molar-refractivity contribution in [3.05, 3.63) is 30.0 Å². The minimum atomic E-state index is 0.164. The molecule has 0 saturated carbocycles. The normalized spacial score (nSPS) is 20.5. The van der Waals surface area contributed by atoms with Gasteiger partial charge in [-0.1, -0.05) is 0 Å². The highest BCUT2D eigenvalue weighted by molar-refractivity contribution is 5.52. The summed E-state index contributed by atoms with van der Waals surface area (Å²) < 4.78 is 0. The molecule has 8 nitrogen and oxygen atoms in total. The molecule has 4 heterocycles. The fourth-order valence-electron chi connectivity index (χ4n) is 4.18. The Labute approximate surface area is 166 Å². The summed E-state index contributed by atoms with van der Waals surface area (Å²) in [5.74, 6) is 3.71. The molecule has 2 saturated heterocycles. The zero-order valence-corrected chi connectivity index (χ0v) is 16.8. The van der Waals surface area contributed by atoms with Crippen molar-refractivity contribution in [3.63, 3.8) is 0 Å². The molecule has 1 atom stereocenters. The van der Waals surface area contributed by atoms with Crippen LogP contribution in [0, 0.1) is 13.8 Å². The lowest BCUT2D eigenvalue weighted by atomic mass is 10.0. The zero-order chi connectivity index (χ0) is 19.5. The molecule has 2 aliphatic heterocycles. The maximum atomic E-state index is 9.71. The average Bonchev–Trinajstić information content (AvgIpc) is 2.73. The van der Waals surface area contributed by atoms with E-state index in [0.29, 0.717) is 0 Å². The second-order valence-corrected chi connectivity index (χ2v) is 7.65. The van der Waals surface area contributed by atoms with Crippen LogP contribution in [0.25, 0.3) is 0 Å².